The molecule has 0 fully saturated rings. The van der Waals surface area contributed by atoms with Gasteiger partial charge >= 0.3 is 0 Å². The summed E-state index contributed by atoms with van der Waals surface area (Å²) >= 11 is 0. The Morgan fingerprint density at radius 1 is 1.13 bits per heavy atom. The van der Waals surface area contributed by atoms with Crippen LogP contribution in [0.25, 0.3) is 0 Å². The van der Waals surface area contributed by atoms with Crippen LogP contribution in [0.4, 0.5) is 0 Å². The molecule has 23 heavy (non-hydrogen) atoms. The van der Waals surface area contributed by atoms with Gasteiger partial charge in [0.2, 0.25) is 11.6 Å². The number of hydrogen-bond acceptors (Lipinski definition) is 6. The molecule has 0 aromatic heterocycles. The van der Waals surface area contributed by atoms with Gasteiger partial charge < -0.3 is 15.2 Å². The van der Waals surface area contributed by atoms with E-state index in [0.29, 0.717) is 0 Å². The number of benzene rings is 1. The summed E-state index contributed by atoms with van der Waals surface area (Å²) in [7, 11) is 0. The van der Waals surface area contributed by atoms with Crippen LogP contribution < -0.4 is 5.32 Å². The monoisotopic (exact) mass is 311 g/mol. The summed E-state index contributed by atoms with van der Waals surface area (Å²) in [4.78, 5) is 37.9. The SMILES string of the molecule is CCC12NC=CC(=O)C1(O)OC1=C2C(=O)c2ccccc2C1=O. The zero-order chi connectivity index (χ0) is 16.4. The van der Waals surface area contributed by atoms with E-state index in [0.717, 1.165) is 6.08 Å². The first-order valence-corrected chi connectivity index (χ1v) is 7.29. The molecule has 0 saturated heterocycles. The molecule has 0 amide bonds. The fourth-order valence-electron chi connectivity index (χ4n) is 3.56. The molecule has 0 radical (unpaired) electrons. The number of fused-ring (bicyclic) bond motifs is 3. The van der Waals surface area contributed by atoms with Crippen LogP contribution in [0.2, 0.25) is 0 Å². The highest BCUT2D eigenvalue weighted by Crippen LogP contribution is 2.49. The first-order chi connectivity index (χ1) is 11.0. The van der Waals surface area contributed by atoms with E-state index >= 15 is 0 Å². The van der Waals surface area contributed by atoms with Crippen LogP contribution in [0.1, 0.15) is 34.1 Å². The molecule has 2 heterocycles. The Morgan fingerprint density at radius 2 is 1.78 bits per heavy atom. The Bertz CT molecular complexity index is 852. The lowest BCUT2D eigenvalue weighted by atomic mass is 9.72. The van der Waals surface area contributed by atoms with Gasteiger partial charge in [-0.05, 0) is 6.42 Å². The van der Waals surface area contributed by atoms with E-state index < -0.39 is 28.7 Å². The number of rotatable bonds is 1. The Balaban J connectivity index is 2.00. The largest absolute Gasteiger partial charge is 0.447 e. The van der Waals surface area contributed by atoms with Crippen LogP contribution in [-0.2, 0) is 9.53 Å². The van der Waals surface area contributed by atoms with E-state index in [1.807, 2.05) is 0 Å². The van der Waals surface area contributed by atoms with Crippen molar-refractivity contribution < 1.29 is 24.2 Å². The predicted molar refractivity (Wildman–Crippen MR) is 78.5 cm³/mol. The van der Waals surface area contributed by atoms with Crippen LogP contribution in [0.5, 0.6) is 0 Å². The maximum Gasteiger partial charge on any atom is 0.300 e. The summed E-state index contributed by atoms with van der Waals surface area (Å²) in [6.45, 7) is 1.71. The number of carbonyl (C=O) groups excluding carboxylic acids is 3. The van der Waals surface area contributed by atoms with Crippen LogP contribution in [0, 0.1) is 0 Å². The first kappa shape index (κ1) is 13.9. The molecule has 1 aliphatic carbocycles. The highest BCUT2D eigenvalue weighted by Gasteiger charge is 2.68. The van der Waals surface area contributed by atoms with Gasteiger partial charge in [-0.3, -0.25) is 14.4 Å². The molecule has 2 atom stereocenters. The summed E-state index contributed by atoms with van der Waals surface area (Å²) in [5.74, 6) is -4.15. The number of ketones is 3. The second-order valence-corrected chi connectivity index (χ2v) is 5.75. The van der Waals surface area contributed by atoms with Gasteiger partial charge in [-0.1, -0.05) is 31.2 Å². The van der Waals surface area contributed by atoms with E-state index in [1.165, 1.54) is 12.3 Å². The van der Waals surface area contributed by atoms with E-state index in [9.17, 15) is 19.5 Å². The van der Waals surface area contributed by atoms with Gasteiger partial charge in [0.1, 0.15) is 5.54 Å². The second-order valence-electron chi connectivity index (χ2n) is 5.75. The normalized spacial score (nSPS) is 31.3. The highest BCUT2D eigenvalue weighted by atomic mass is 16.6. The van der Waals surface area contributed by atoms with Gasteiger partial charge in [0, 0.05) is 23.4 Å². The van der Waals surface area contributed by atoms with Crippen molar-refractivity contribution in [3.8, 4) is 0 Å². The molecule has 2 unspecified atom stereocenters. The molecule has 2 aliphatic heterocycles. The smallest absolute Gasteiger partial charge is 0.300 e. The number of aliphatic hydroxyl groups is 1. The molecule has 1 aromatic rings. The maximum absolute atomic E-state index is 12.9. The number of hydrogen-bond donors (Lipinski definition) is 2. The summed E-state index contributed by atoms with van der Waals surface area (Å²) in [6, 6.07) is 6.39. The van der Waals surface area contributed by atoms with Crippen molar-refractivity contribution in [3.05, 3.63) is 59.0 Å². The molecule has 2 N–H and O–H groups in total. The van der Waals surface area contributed by atoms with Gasteiger partial charge in [0.25, 0.3) is 5.79 Å². The van der Waals surface area contributed by atoms with Crippen LogP contribution in [0.3, 0.4) is 0 Å². The number of nitrogens with one attached hydrogen (secondary N) is 1. The fraction of sp³-hybridized carbons (Fsp3) is 0.235. The predicted octanol–water partition coefficient (Wildman–Crippen LogP) is 0.873. The highest BCUT2D eigenvalue weighted by molar-refractivity contribution is 6.28. The molecule has 4 rings (SSSR count). The van der Waals surface area contributed by atoms with E-state index in [1.54, 1.807) is 25.1 Å². The lowest BCUT2D eigenvalue weighted by Crippen LogP contribution is -2.66. The standard InChI is InChI=1S/C17H13NO5/c1-2-16-12-13(20)9-5-3-4-6-10(9)14(21)15(12)23-17(16,22)11(19)7-8-18-16/h3-8,18,22H,2H2,1H3. The van der Waals surface area contributed by atoms with Crippen molar-refractivity contribution in [2.24, 2.45) is 0 Å². The summed E-state index contributed by atoms with van der Waals surface area (Å²) in [5, 5.41) is 13.7. The molecule has 3 aliphatic rings. The van der Waals surface area contributed by atoms with Crippen molar-refractivity contribution >= 4 is 17.3 Å². The molecule has 0 saturated carbocycles. The van der Waals surface area contributed by atoms with Gasteiger partial charge in [-0.2, -0.15) is 0 Å². The van der Waals surface area contributed by atoms with Crippen molar-refractivity contribution in [1.29, 1.82) is 0 Å². The van der Waals surface area contributed by atoms with Crippen LogP contribution >= 0.6 is 0 Å². The first-order valence-electron chi connectivity index (χ1n) is 7.29. The lowest BCUT2D eigenvalue weighted by Gasteiger charge is -2.41. The minimum absolute atomic E-state index is 0.0175. The Labute approximate surface area is 131 Å². The van der Waals surface area contributed by atoms with Crippen molar-refractivity contribution in [2.45, 2.75) is 24.7 Å². The van der Waals surface area contributed by atoms with Gasteiger partial charge in [-0.15, -0.1) is 0 Å². The van der Waals surface area contributed by atoms with Gasteiger partial charge in [0.05, 0.1) is 5.57 Å². The lowest BCUT2D eigenvalue weighted by molar-refractivity contribution is -0.199. The number of allylic oxidation sites excluding steroid dienone is 1. The fourth-order valence-corrected chi connectivity index (χ4v) is 3.56. The Hall–Kier alpha value is -2.73. The molecule has 6 heteroatoms. The molecular weight excluding hydrogens is 298 g/mol. The Kier molecular flexibility index (Phi) is 2.52. The van der Waals surface area contributed by atoms with Gasteiger partial charge in [-0.25, -0.2) is 0 Å². The molecule has 1 aromatic carbocycles. The average Bonchev–Trinajstić information content (AvgIpc) is 2.85. The third kappa shape index (κ3) is 1.39. The number of ether oxygens (including phenoxy) is 1. The molecule has 116 valence electrons. The summed E-state index contributed by atoms with van der Waals surface area (Å²) in [6.07, 6.45) is 2.70. The second kappa shape index (κ2) is 4.17. The molecular formula is C17H13NO5. The number of carbonyl (C=O) groups is 3. The third-order valence-electron chi connectivity index (χ3n) is 4.76. The van der Waals surface area contributed by atoms with Crippen LogP contribution in [0.15, 0.2) is 47.9 Å². The average molecular weight is 311 g/mol. The van der Waals surface area contributed by atoms with E-state index in [2.05, 4.69) is 5.32 Å². The summed E-state index contributed by atoms with van der Waals surface area (Å²) < 4.78 is 5.40. The van der Waals surface area contributed by atoms with Crippen molar-refractivity contribution in [2.75, 3.05) is 0 Å². The summed E-state index contributed by atoms with van der Waals surface area (Å²) in [5.41, 5.74) is -0.983. The topological polar surface area (TPSA) is 92.7 Å². The minimum Gasteiger partial charge on any atom is -0.447 e. The molecule has 0 spiro atoms. The third-order valence-corrected chi connectivity index (χ3v) is 4.76. The number of Topliss-reactive ketones (excluding diaryl/α,β-unsaturated/α-hetero) is 2. The zero-order valence-electron chi connectivity index (χ0n) is 12.3. The van der Waals surface area contributed by atoms with E-state index in [4.69, 9.17) is 4.74 Å². The van der Waals surface area contributed by atoms with Crippen LogP contribution in [-0.4, -0.2) is 33.8 Å². The zero-order valence-corrected chi connectivity index (χ0v) is 12.3. The quantitative estimate of drug-likeness (QED) is 0.799. The van der Waals surface area contributed by atoms with E-state index in [-0.39, 0.29) is 28.9 Å². The van der Waals surface area contributed by atoms with Gasteiger partial charge in [0.15, 0.2) is 11.5 Å². The molecule has 6 nitrogen and oxygen atoms in total. The molecule has 0 bridgehead atoms. The van der Waals surface area contributed by atoms with Crippen molar-refractivity contribution in [1.82, 2.24) is 5.32 Å². The van der Waals surface area contributed by atoms with Crippen molar-refractivity contribution in [3.63, 3.8) is 0 Å². The Morgan fingerprint density at radius 3 is 2.43 bits per heavy atom. The maximum atomic E-state index is 12.9. The minimum atomic E-state index is -2.30.